The molecule has 2 N–H and O–H groups in total. The van der Waals surface area contributed by atoms with Crippen molar-refractivity contribution in [1.29, 1.82) is 0 Å². The number of benzene rings is 1. The van der Waals surface area contributed by atoms with Crippen molar-refractivity contribution in [2.45, 2.75) is 39.3 Å². The second-order valence-electron chi connectivity index (χ2n) is 5.64. The number of nitrogens with one attached hydrogen (secondary N) is 2. The lowest BCUT2D eigenvalue weighted by Gasteiger charge is -2.11. The van der Waals surface area contributed by atoms with Gasteiger partial charge in [-0.25, -0.2) is 0 Å². The van der Waals surface area contributed by atoms with Crippen LogP contribution in [0.3, 0.4) is 0 Å². The van der Waals surface area contributed by atoms with Crippen LogP contribution in [0.1, 0.15) is 31.4 Å². The Kier molecular flexibility index (Phi) is 5.14. The molecule has 6 heteroatoms. The van der Waals surface area contributed by atoms with Crippen molar-refractivity contribution in [3.05, 3.63) is 35.4 Å². The Balaban J connectivity index is 1.82. The molecule has 0 aliphatic carbocycles. The standard InChI is InChI=1S/C16H21N3O3/c1-10(2)18-15(20)9-17-16(21)14-8-13(19-22-14)12-6-4-11(3)5-7-12/h4-7,10,14H,8-9H2,1-3H3,(H,17,21)(H,18,20)/t14-/m1/s1. The third-order valence-electron chi connectivity index (χ3n) is 3.22. The first-order chi connectivity index (χ1) is 10.5. The fourth-order valence-electron chi connectivity index (χ4n) is 2.09. The molecular weight excluding hydrogens is 282 g/mol. The predicted octanol–water partition coefficient (Wildman–Crippen LogP) is 1.13. The minimum Gasteiger partial charge on any atom is -0.382 e. The summed E-state index contributed by atoms with van der Waals surface area (Å²) >= 11 is 0. The Labute approximate surface area is 129 Å². The average Bonchev–Trinajstić information content (AvgIpc) is 2.94. The van der Waals surface area contributed by atoms with Gasteiger partial charge in [0.25, 0.3) is 5.91 Å². The van der Waals surface area contributed by atoms with Crippen LogP contribution in [0, 0.1) is 6.92 Å². The number of carbonyl (C=O) groups is 2. The van der Waals surface area contributed by atoms with Crippen molar-refractivity contribution >= 4 is 17.5 Å². The first kappa shape index (κ1) is 16.0. The van der Waals surface area contributed by atoms with E-state index in [-0.39, 0.29) is 24.4 Å². The van der Waals surface area contributed by atoms with Crippen molar-refractivity contribution in [3.63, 3.8) is 0 Å². The molecule has 2 amide bonds. The first-order valence-electron chi connectivity index (χ1n) is 7.32. The summed E-state index contributed by atoms with van der Waals surface area (Å²) in [5, 5.41) is 9.24. The van der Waals surface area contributed by atoms with Gasteiger partial charge in [-0.15, -0.1) is 0 Å². The monoisotopic (exact) mass is 303 g/mol. The summed E-state index contributed by atoms with van der Waals surface area (Å²) < 4.78 is 0. The Morgan fingerprint density at radius 2 is 2.00 bits per heavy atom. The maximum Gasteiger partial charge on any atom is 0.264 e. The highest BCUT2D eigenvalue weighted by Crippen LogP contribution is 2.17. The van der Waals surface area contributed by atoms with E-state index in [0.717, 1.165) is 16.8 Å². The van der Waals surface area contributed by atoms with Crippen LogP contribution >= 0.6 is 0 Å². The molecule has 118 valence electrons. The third-order valence-corrected chi connectivity index (χ3v) is 3.22. The number of amides is 2. The van der Waals surface area contributed by atoms with E-state index in [2.05, 4.69) is 15.8 Å². The maximum atomic E-state index is 12.0. The van der Waals surface area contributed by atoms with Gasteiger partial charge in [0.05, 0.1) is 12.3 Å². The summed E-state index contributed by atoms with van der Waals surface area (Å²) in [6.45, 7) is 5.68. The van der Waals surface area contributed by atoms with E-state index >= 15 is 0 Å². The van der Waals surface area contributed by atoms with Gasteiger partial charge in [-0.2, -0.15) is 0 Å². The number of nitrogens with zero attached hydrogens (tertiary/aromatic N) is 1. The number of oxime groups is 1. The summed E-state index contributed by atoms with van der Waals surface area (Å²) in [6.07, 6.45) is -0.274. The number of carbonyl (C=O) groups excluding carboxylic acids is 2. The second-order valence-corrected chi connectivity index (χ2v) is 5.64. The fraction of sp³-hybridized carbons (Fsp3) is 0.438. The van der Waals surface area contributed by atoms with Crippen LogP contribution in [0.5, 0.6) is 0 Å². The van der Waals surface area contributed by atoms with Crippen molar-refractivity contribution in [2.75, 3.05) is 6.54 Å². The average molecular weight is 303 g/mol. The maximum absolute atomic E-state index is 12.0. The van der Waals surface area contributed by atoms with Crippen molar-refractivity contribution in [1.82, 2.24) is 10.6 Å². The Hall–Kier alpha value is -2.37. The van der Waals surface area contributed by atoms with E-state index in [1.54, 1.807) is 0 Å². The van der Waals surface area contributed by atoms with Gasteiger partial charge in [-0.3, -0.25) is 9.59 Å². The molecule has 0 radical (unpaired) electrons. The van der Waals surface area contributed by atoms with Gasteiger partial charge in [0.15, 0.2) is 0 Å². The van der Waals surface area contributed by atoms with Gasteiger partial charge in [0.2, 0.25) is 12.0 Å². The molecule has 6 nitrogen and oxygen atoms in total. The molecule has 1 heterocycles. The summed E-state index contributed by atoms with van der Waals surface area (Å²) in [5.41, 5.74) is 2.85. The van der Waals surface area contributed by atoms with Crippen LogP contribution < -0.4 is 10.6 Å². The Bertz CT molecular complexity index is 579. The molecule has 0 spiro atoms. The second kappa shape index (κ2) is 7.06. The van der Waals surface area contributed by atoms with Gasteiger partial charge < -0.3 is 15.5 Å². The smallest absolute Gasteiger partial charge is 0.264 e. The summed E-state index contributed by atoms with van der Waals surface area (Å²) in [7, 11) is 0. The van der Waals surface area contributed by atoms with Crippen LogP contribution in [0.25, 0.3) is 0 Å². The van der Waals surface area contributed by atoms with E-state index in [4.69, 9.17) is 4.84 Å². The molecule has 1 aliphatic heterocycles. The lowest BCUT2D eigenvalue weighted by molar-refractivity contribution is -0.133. The third kappa shape index (κ3) is 4.31. The van der Waals surface area contributed by atoms with Crippen molar-refractivity contribution < 1.29 is 14.4 Å². The molecule has 1 atom stereocenters. The molecule has 1 aliphatic rings. The lowest BCUT2D eigenvalue weighted by atomic mass is 10.0. The zero-order valence-electron chi connectivity index (χ0n) is 13.1. The zero-order chi connectivity index (χ0) is 16.1. The Morgan fingerprint density at radius 1 is 1.32 bits per heavy atom. The highest BCUT2D eigenvalue weighted by molar-refractivity contribution is 6.04. The Morgan fingerprint density at radius 3 is 2.64 bits per heavy atom. The molecule has 0 bridgehead atoms. The molecule has 2 rings (SSSR count). The largest absolute Gasteiger partial charge is 0.382 e. The summed E-state index contributed by atoms with van der Waals surface area (Å²) in [6, 6.07) is 7.92. The molecule has 1 aromatic rings. The minimum absolute atomic E-state index is 0.0450. The summed E-state index contributed by atoms with van der Waals surface area (Å²) in [4.78, 5) is 28.6. The molecule has 0 saturated heterocycles. The van der Waals surface area contributed by atoms with Crippen molar-refractivity contribution in [2.24, 2.45) is 5.16 Å². The molecule has 0 fully saturated rings. The van der Waals surface area contributed by atoms with Crippen LogP contribution in [0.4, 0.5) is 0 Å². The van der Waals surface area contributed by atoms with E-state index in [9.17, 15) is 9.59 Å². The van der Waals surface area contributed by atoms with Gasteiger partial charge in [-0.05, 0) is 26.3 Å². The molecule has 0 aromatic heterocycles. The number of hydrogen-bond acceptors (Lipinski definition) is 4. The van der Waals surface area contributed by atoms with Crippen LogP contribution in [0.2, 0.25) is 0 Å². The molecule has 22 heavy (non-hydrogen) atoms. The highest BCUT2D eigenvalue weighted by atomic mass is 16.6. The quantitative estimate of drug-likeness (QED) is 0.855. The van der Waals surface area contributed by atoms with E-state index in [1.165, 1.54) is 0 Å². The molecular formula is C16H21N3O3. The van der Waals surface area contributed by atoms with Gasteiger partial charge in [0, 0.05) is 12.5 Å². The SMILES string of the molecule is Cc1ccc(C2=NO[C@@H](C(=O)NCC(=O)NC(C)C)C2)cc1. The van der Waals surface area contributed by atoms with E-state index in [1.807, 2.05) is 45.0 Å². The normalized spacial score (nSPS) is 16.9. The minimum atomic E-state index is -0.678. The van der Waals surface area contributed by atoms with Gasteiger partial charge in [-0.1, -0.05) is 35.0 Å². The highest BCUT2D eigenvalue weighted by Gasteiger charge is 2.28. The fourth-order valence-corrected chi connectivity index (χ4v) is 2.09. The van der Waals surface area contributed by atoms with Gasteiger partial charge >= 0.3 is 0 Å². The first-order valence-corrected chi connectivity index (χ1v) is 7.32. The number of aryl methyl sites for hydroxylation is 1. The topological polar surface area (TPSA) is 79.8 Å². The van der Waals surface area contributed by atoms with Crippen LogP contribution in [-0.2, 0) is 14.4 Å². The predicted molar refractivity (Wildman–Crippen MR) is 83.5 cm³/mol. The van der Waals surface area contributed by atoms with Crippen molar-refractivity contribution in [3.8, 4) is 0 Å². The summed E-state index contributed by atoms with van der Waals surface area (Å²) in [5.74, 6) is -0.550. The molecule has 1 aromatic carbocycles. The lowest BCUT2D eigenvalue weighted by Crippen LogP contribution is -2.43. The van der Waals surface area contributed by atoms with E-state index in [0.29, 0.717) is 6.42 Å². The van der Waals surface area contributed by atoms with Gasteiger partial charge in [0.1, 0.15) is 0 Å². The van der Waals surface area contributed by atoms with Crippen LogP contribution in [0.15, 0.2) is 29.4 Å². The zero-order valence-corrected chi connectivity index (χ0v) is 13.1. The number of rotatable bonds is 5. The van der Waals surface area contributed by atoms with E-state index < -0.39 is 6.10 Å². The van der Waals surface area contributed by atoms with Crippen LogP contribution in [-0.4, -0.2) is 36.2 Å². The number of hydrogen-bond donors (Lipinski definition) is 2. The molecule has 0 unspecified atom stereocenters. The molecule has 0 saturated carbocycles.